The van der Waals surface area contributed by atoms with Crippen molar-refractivity contribution in [3.05, 3.63) is 65.0 Å². The second kappa shape index (κ2) is 7.18. The number of carbonyl (C=O) groups excluding carboxylic acids is 1. The van der Waals surface area contributed by atoms with E-state index in [1.165, 1.54) is 12.1 Å². The van der Waals surface area contributed by atoms with E-state index in [-0.39, 0.29) is 11.7 Å². The number of amides is 1. The summed E-state index contributed by atoms with van der Waals surface area (Å²) in [6.07, 6.45) is 0. The molecule has 0 fully saturated rings. The first-order chi connectivity index (χ1) is 10.4. The van der Waals surface area contributed by atoms with Gasteiger partial charge in [0, 0.05) is 11.3 Å². The van der Waals surface area contributed by atoms with Crippen molar-refractivity contribution in [1.29, 1.82) is 0 Å². The van der Waals surface area contributed by atoms with Gasteiger partial charge in [-0.2, -0.15) is 0 Å². The van der Waals surface area contributed by atoms with Crippen molar-refractivity contribution in [1.82, 2.24) is 0 Å². The number of aryl methyl sites for hydroxylation is 2. The van der Waals surface area contributed by atoms with Crippen LogP contribution < -0.4 is 10.2 Å². The Balaban J connectivity index is 1.91. The SMILES string of the molecule is Cc1cc(C)cc(NC(=O)C[NH+](C)Cc2cccc(F)c2)c1. The lowest BCUT2D eigenvalue weighted by Crippen LogP contribution is -3.08. The van der Waals surface area contributed by atoms with Gasteiger partial charge >= 0.3 is 0 Å². The van der Waals surface area contributed by atoms with Gasteiger partial charge in [0.1, 0.15) is 12.4 Å². The van der Waals surface area contributed by atoms with E-state index in [0.29, 0.717) is 13.1 Å². The van der Waals surface area contributed by atoms with Gasteiger partial charge in [-0.25, -0.2) is 4.39 Å². The summed E-state index contributed by atoms with van der Waals surface area (Å²) in [7, 11) is 1.92. The number of hydrogen-bond donors (Lipinski definition) is 2. The minimum atomic E-state index is -0.245. The summed E-state index contributed by atoms with van der Waals surface area (Å²) in [5.41, 5.74) is 3.95. The molecule has 0 aromatic heterocycles. The third-order valence-corrected chi connectivity index (χ3v) is 3.36. The predicted octanol–water partition coefficient (Wildman–Crippen LogP) is 2.10. The molecule has 2 aromatic carbocycles. The van der Waals surface area contributed by atoms with Gasteiger partial charge in [-0.3, -0.25) is 4.79 Å². The van der Waals surface area contributed by atoms with Gasteiger partial charge in [0.25, 0.3) is 5.91 Å². The first kappa shape index (κ1) is 16.2. The molecule has 0 saturated carbocycles. The highest BCUT2D eigenvalue weighted by Gasteiger charge is 2.11. The van der Waals surface area contributed by atoms with Crippen LogP contribution in [0.25, 0.3) is 0 Å². The maximum absolute atomic E-state index is 13.2. The van der Waals surface area contributed by atoms with Crippen LogP contribution in [0, 0.1) is 19.7 Å². The standard InChI is InChI=1S/C18H21FN2O/c1-13-7-14(2)9-17(8-13)20-18(22)12-21(3)11-15-5-4-6-16(19)10-15/h4-10H,11-12H2,1-3H3,(H,20,22)/p+1. The summed E-state index contributed by atoms with van der Waals surface area (Å²) in [6.45, 7) is 4.95. The molecule has 4 heteroatoms. The zero-order chi connectivity index (χ0) is 16.1. The Morgan fingerprint density at radius 1 is 1.14 bits per heavy atom. The topological polar surface area (TPSA) is 33.5 Å². The molecule has 0 aliphatic heterocycles. The minimum absolute atomic E-state index is 0.0427. The first-order valence-electron chi connectivity index (χ1n) is 7.36. The molecule has 116 valence electrons. The van der Waals surface area contributed by atoms with Crippen LogP contribution in [0.5, 0.6) is 0 Å². The zero-order valence-electron chi connectivity index (χ0n) is 13.2. The fourth-order valence-electron chi connectivity index (χ4n) is 2.58. The molecule has 0 saturated heterocycles. The van der Waals surface area contributed by atoms with Gasteiger partial charge in [-0.05, 0) is 49.2 Å². The lowest BCUT2D eigenvalue weighted by Gasteiger charge is -2.14. The van der Waals surface area contributed by atoms with Crippen molar-refractivity contribution in [2.45, 2.75) is 20.4 Å². The van der Waals surface area contributed by atoms with Crippen LogP contribution >= 0.6 is 0 Å². The van der Waals surface area contributed by atoms with Gasteiger partial charge < -0.3 is 10.2 Å². The molecule has 0 aliphatic carbocycles. The minimum Gasteiger partial charge on any atom is -0.326 e. The number of hydrogen-bond acceptors (Lipinski definition) is 1. The third-order valence-electron chi connectivity index (χ3n) is 3.36. The van der Waals surface area contributed by atoms with E-state index >= 15 is 0 Å². The normalized spacial score (nSPS) is 12.0. The summed E-state index contributed by atoms with van der Waals surface area (Å²) in [5, 5.41) is 2.92. The molecule has 2 rings (SSSR count). The van der Waals surface area contributed by atoms with Crippen LogP contribution in [0.1, 0.15) is 16.7 Å². The Kier molecular flexibility index (Phi) is 5.28. The third kappa shape index (κ3) is 4.97. The van der Waals surface area contributed by atoms with Gasteiger partial charge in [0.05, 0.1) is 7.05 Å². The fourth-order valence-corrected chi connectivity index (χ4v) is 2.58. The number of benzene rings is 2. The van der Waals surface area contributed by atoms with Crippen molar-refractivity contribution in [3.8, 4) is 0 Å². The van der Waals surface area contributed by atoms with Crippen LogP contribution in [-0.4, -0.2) is 19.5 Å². The van der Waals surface area contributed by atoms with E-state index in [1.807, 2.05) is 39.1 Å². The van der Waals surface area contributed by atoms with Crippen LogP contribution in [0.4, 0.5) is 10.1 Å². The molecule has 0 spiro atoms. The molecule has 0 radical (unpaired) electrons. The molecule has 1 unspecified atom stereocenters. The van der Waals surface area contributed by atoms with Crippen molar-refractivity contribution in [2.24, 2.45) is 0 Å². The maximum Gasteiger partial charge on any atom is 0.279 e. The van der Waals surface area contributed by atoms with Crippen molar-refractivity contribution in [3.63, 3.8) is 0 Å². The summed E-state index contributed by atoms with van der Waals surface area (Å²) in [4.78, 5) is 13.1. The molecule has 2 aromatic rings. The number of rotatable bonds is 5. The number of nitrogens with one attached hydrogen (secondary N) is 2. The summed E-state index contributed by atoms with van der Waals surface area (Å²) < 4.78 is 13.2. The predicted molar refractivity (Wildman–Crippen MR) is 86.4 cm³/mol. The second-order valence-corrected chi connectivity index (χ2v) is 5.87. The number of carbonyl (C=O) groups is 1. The van der Waals surface area contributed by atoms with Gasteiger partial charge in [-0.15, -0.1) is 0 Å². The van der Waals surface area contributed by atoms with E-state index in [4.69, 9.17) is 0 Å². The molecular weight excluding hydrogens is 279 g/mol. The van der Waals surface area contributed by atoms with Gasteiger partial charge in [0.15, 0.2) is 6.54 Å². The molecule has 0 bridgehead atoms. The Morgan fingerprint density at radius 3 is 2.45 bits per heavy atom. The van der Waals surface area contributed by atoms with E-state index in [9.17, 15) is 9.18 Å². The molecule has 22 heavy (non-hydrogen) atoms. The molecule has 0 heterocycles. The highest BCUT2D eigenvalue weighted by Crippen LogP contribution is 2.13. The maximum atomic E-state index is 13.2. The smallest absolute Gasteiger partial charge is 0.279 e. The summed E-state index contributed by atoms with van der Waals surface area (Å²) >= 11 is 0. The average molecular weight is 301 g/mol. The van der Waals surface area contributed by atoms with E-state index in [0.717, 1.165) is 27.3 Å². The lowest BCUT2D eigenvalue weighted by atomic mass is 10.1. The molecule has 1 atom stereocenters. The Bertz CT molecular complexity index is 650. The van der Waals surface area contributed by atoms with E-state index in [2.05, 4.69) is 11.4 Å². The summed E-state index contributed by atoms with van der Waals surface area (Å²) in [5.74, 6) is -0.288. The van der Waals surface area contributed by atoms with Crippen molar-refractivity contribution < 1.29 is 14.1 Å². The Morgan fingerprint density at radius 2 is 1.82 bits per heavy atom. The van der Waals surface area contributed by atoms with Crippen LogP contribution in [0.15, 0.2) is 42.5 Å². The Hall–Kier alpha value is -2.20. The second-order valence-electron chi connectivity index (χ2n) is 5.87. The molecule has 1 amide bonds. The quantitative estimate of drug-likeness (QED) is 0.871. The largest absolute Gasteiger partial charge is 0.326 e. The van der Waals surface area contributed by atoms with Gasteiger partial charge in [-0.1, -0.05) is 18.2 Å². The van der Waals surface area contributed by atoms with Gasteiger partial charge in [0.2, 0.25) is 0 Å². The van der Waals surface area contributed by atoms with Crippen molar-refractivity contribution >= 4 is 11.6 Å². The van der Waals surface area contributed by atoms with E-state index in [1.54, 1.807) is 6.07 Å². The number of likely N-dealkylation sites (N-methyl/N-ethyl adjacent to an activating group) is 1. The number of halogens is 1. The molecular formula is C18H22FN2O+. The van der Waals surface area contributed by atoms with Crippen LogP contribution in [0.2, 0.25) is 0 Å². The van der Waals surface area contributed by atoms with Crippen LogP contribution in [-0.2, 0) is 11.3 Å². The van der Waals surface area contributed by atoms with Crippen LogP contribution in [0.3, 0.4) is 0 Å². The summed E-state index contributed by atoms with van der Waals surface area (Å²) in [6, 6.07) is 12.5. The molecule has 2 N–H and O–H groups in total. The highest BCUT2D eigenvalue weighted by molar-refractivity contribution is 5.91. The number of anilines is 1. The Labute approximate surface area is 130 Å². The lowest BCUT2D eigenvalue weighted by molar-refractivity contribution is -0.885. The number of quaternary nitrogens is 1. The highest BCUT2D eigenvalue weighted by atomic mass is 19.1. The zero-order valence-corrected chi connectivity index (χ0v) is 13.2. The average Bonchev–Trinajstić information content (AvgIpc) is 2.36. The fraction of sp³-hybridized carbons (Fsp3) is 0.278. The van der Waals surface area contributed by atoms with Crippen molar-refractivity contribution in [2.75, 3.05) is 18.9 Å². The van der Waals surface area contributed by atoms with E-state index < -0.39 is 0 Å². The molecule has 3 nitrogen and oxygen atoms in total. The molecule has 0 aliphatic rings. The first-order valence-corrected chi connectivity index (χ1v) is 7.36. The monoisotopic (exact) mass is 301 g/mol.